The molecule has 0 amide bonds. The van der Waals surface area contributed by atoms with Gasteiger partial charge < -0.3 is 14.9 Å². The largest absolute Gasteiger partial charge is 0.469 e. The fraction of sp³-hybridized carbons (Fsp3) is 0.182. The van der Waals surface area contributed by atoms with Crippen molar-refractivity contribution in [3.05, 3.63) is 48.0 Å². The number of ether oxygens (including phenoxy) is 1. The molecule has 0 unspecified atom stereocenters. The zero-order valence-corrected chi connectivity index (χ0v) is 8.22. The van der Waals surface area contributed by atoms with Crippen LogP contribution in [0.1, 0.15) is 11.3 Å². The van der Waals surface area contributed by atoms with Crippen LogP contribution in [0.4, 0.5) is 0 Å². The first-order valence-corrected chi connectivity index (χ1v) is 4.69. The van der Waals surface area contributed by atoms with E-state index in [1.165, 1.54) is 0 Å². The Hall–Kier alpha value is -1.81. The summed E-state index contributed by atoms with van der Waals surface area (Å²) in [6.45, 7) is 0.790. The monoisotopic (exact) mass is 204 g/mol. The Balaban J connectivity index is 2.04. The molecule has 15 heavy (non-hydrogen) atoms. The maximum Gasteiger partial charge on any atom is 0.218 e. The van der Waals surface area contributed by atoms with Gasteiger partial charge in [0.1, 0.15) is 12.4 Å². The first kappa shape index (κ1) is 9.73. The van der Waals surface area contributed by atoms with E-state index in [0.717, 1.165) is 11.3 Å². The van der Waals surface area contributed by atoms with Crippen molar-refractivity contribution in [3.8, 4) is 5.88 Å². The molecule has 0 bridgehead atoms. The third-order valence-electron chi connectivity index (χ3n) is 2.00. The molecule has 2 heterocycles. The molecule has 0 aromatic carbocycles. The third kappa shape index (κ3) is 2.35. The summed E-state index contributed by atoms with van der Waals surface area (Å²) >= 11 is 0. The summed E-state index contributed by atoms with van der Waals surface area (Å²) < 4.78 is 10.6. The lowest BCUT2D eigenvalue weighted by molar-refractivity contribution is 0.258. The lowest BCUT2D eigenvalue weighted by atomic mass is 10.3. The average molecular weight is 204 g/mol. The van der Waals surface area contributed by atoms with E-state index in [-0.39, 0.29) is 0 Å². The fourth-order valence-corrected chi connectivity index (χ4v) is 1.24. The molecule has 2 N–H and O–H groups in total. The second kappa shape index (κ2) is 4.61. The van der Waals surface area contributed by atoms with Gasteiger partial charge in [-0.3, -0.25) is 0 Å². The van der Waals surface area contributed by atoms with Gasteiger partial charge in [-0.2, -0.15) is 0 Å². The summed E-state index contributed by atoms with van der Waals surface area (Å²) in [6, 6.07) is 7.40. The summed E-state index contributed by atoms with van der Waals surface area (Å²) in [4.78, 5) is 4.11. The number of aromatic nitrogens is 1. The average Bonchev–Trinajstić information content (AvgIpc) is 2.79. The molecule has 2 rings (SSSR count). The van der Waals surface area contributed by atoms with Gasteiger partial charge in [0.05, 0.1) is 6.26 Å². The predicted octanol–water partition coefficient (Wildman–Crippen LogP) is 1.71. The van der Waals surface area contributed by atoms with Crippen LogP contribution in [0.25, 0.3) is 0 Å². The van der Waals surface area contributed by atoms with Crippen LogP contribution >= 0.6 is 0 Å². The number of hydrogen-bond acceptors (Lipinski definition) is 4. The Morgan fingerprint density at radius 3 is 3.00 bits per heavy atom. The zero-order valence-electron chi connectivity index (χ0n) is 8.22. The van der Waals surface area contributed by atoms with Crippen molar-refractivity contribution in [1.82, 2.24) is 4.98 Å². The Morgan fingerprint density at radius 2 is 2.27 bits per heavy atom. The van der Waals surface area contributed by atoms with Crippen molar-refractivity contribution in [2.24, 2.45) is 5.73 Å². The van der Waals surface area contributed by atoms with Gasteiger partial charge in [0.25, 0.3) is 0 Å². The number of hydrogen-bond donors (Lipinski definition) is 1. The molecule has 2 aromatic rings. The first-order valence-electron chi connectivity index (χ1n) is 4.69. The quantitative estimate of drug-likeness (QED) is 0.823. The van der Waals surface area contributed by atoms with Crippen molar-refractivity contribution in [2.75, 3.05) is 0 Å². The Morgan fingerprint density at radius 1 is 1.33 bits per heavy atom. The van der Waals surface area contributed by atoms with Crippen LogP contribution < -0.4 is 10.5 Å². The molecule has 78 valence electrons. The summed E-state index contributed by atoms with van der Waals surface area (Å²) in [7, 11) is 0. The predicted molar refractivity (Wildman–Crippen MR) is 55.2 cm³/mol. The molecular formula is C11H12N2O2. The van der Waals surface area contributed by atoms with E-state index in [1.54, 1.807) is 12.5 Å². The van der Waals surface area contributed by atoms with Crippen molar-refractivity contribution in [3.63, 3.8) is 0 Å². The highest BCUT2D eigenvalue weighted by atomic mass is 16.5. The van der Waals surface area contributed by atoms with Crippen LogP contribution in [-0.4, -0.2) is 4.98 Å². The van der Waals surface area contributed by atoms with Crippen molar-refractivity contribution >= 4 is 0 Å². The van der Waals surface area contributed by atoms with E-state index in [1.807, 2.05) is 24.3 Å². The van der Waals surface area contributed by atoms with E-state index in [2.05, 4.69) is 4.98 Å². The molecule has 0 aliphatic heterocycles. The molecule has 0 aliphatic rings. The lowest BCUT2D eigenvalue weighted by Gasteiger charge is -2.06. The molecule has 0 spiro atoms. The lowest BCUT2D eigenvalue weighted by Crippen LogP contribution is -2.03. The molecule has 0 saturated carbocycles. The van der Waals surface area contributed by atoms with Crippen LogP contribution in [0.5, 0.6) is 5.88 Å². The molecule has 4 heteroatoms. The summed E-state index contributed by atoms with van der Waals surface area (Å²) in [6.07, 6.45) is 3.29. The second-order valence-electron chi connectivity index (χ2n) is 3.04. The summed E-state index contributed by atoms with van der Waals surface area (Å²) in [5, 5.41) is 0. The fourth-order valence-electron chi connectivity index (χ4n) is 1.24. The Labute approximate surface area is 87.7 Å². The van der Waals surface area contributed by atoms with E-state index in [4.69, 9.17) is 14.9 Å². The minimum Gasteiger partial charge on any atom is -0.469 e. The van der Waals surface area contributed by atoms with Gasteiger partial charge in [0, 0.05) is 18.3 Å². The van der Waals surface area contributed by atoms with Gasteiger partial charge in [-0.1, -0.05) is 6.07 Å². The first-order chi connectivity index (χ1) is 7.40. The van der Waals surface area contributed by atoms with Gasteiger partial charge in [0.15, 0.2) is 0 Å². The van der Waals surface area contributed by atoms with Gasteiger partial charge in [-0.25, -0.2) is 4.98 Å². The second-order valence-corrected chi connectivity index (χ2v) is 3.04. The minimum atomic E-state index is 0.372. The number of nitrogens with zero attached hydrogens (tertiary/aromatic N) is 1. The summed E-state index contributed by atoms with van der Waals surface area (Å²) in [5.41, 5.74) is 6.45. The molecule has 0 fully saturated rings. The molecule has 4 nitrogen and oxygen atoms in total. The molecule has 0 saturated heterocycles. The topological polar surface area (TPSA) is 61.3 Å². The van der Waals surface area contributed by atoms with Crippen molar-refractivity contribution in [2.45, 2.75) is 13.2 Å². The third-order valence-corrected chi connectivity index (χ3v) is 2.00. The standard InChI is InChI=1S/C11H12N2O2/c12-7-9-3-1-5-13-11(9)15-8-10-4-2-6-14-10/h1-6H,7-8,12H2. The number of nitrogens with two attached hydrogens (primary N) is 1. The summed E-state index contributed by atoms with van der Waals surface area (Å²) in [5.74, 6) is 1.33. The van der Waals surface area contributed by atoms with Gasteiger partial charge in [0.2, 0.25) is 5.88 Å². The SMILES string of the molecule is NCc1cccnc1OCc1ccco1. The number of furan rings is 1. The van der Waals surface area contributed by atoms with Crippen LogP contribution in [-0.2, 0) is 13.2 Å². The van der Waals surface area contributed by atoms with Crippen LogP contribution in [0, 0.1) is 0 Å². The van der Waals surface area contributed by atoms with Gasteiger partial charge in [-0.15, -0.1) is 0 Å². The maximum atomic E-state index is 5.56. The molecule has 0 aliphatic carbocycles. The highest BCUT2D eigenvalue weighted by molar-refractivity contribution is 5.25. The Bertz CT molecular complexity index is 412. The smallest absolute Gasteiger partial charge is 0.218 e. The van der Waals surface area contributed by atoms with Crippen molar-refractivity contribution in [1.29, 1.82) is 0 Å². The Kier molecular flexibility index (Phi) is 2.99. The maximum absolute atomic E-state index is 5.56. The molecule has 0 atom stereocenters. The van der Waals surface area contributed by atoms with Crippen LogP contribution in [0.3, 0.4) is 0 Å². The van der Waals surface area contributed by atoms with Gasteiger partial charge >= 0.3 is 0 Å². The number of pyridine rings is 1. The van der Waals surface area contributed by atoms with Gasteiger partial charge in [-0.05, 0) is 18.2 Å². The highest BCUT2D eigenvalue weighted by Crippen LogP contribution is 2.15. The van der Waals surface area contributed by atoms with E-state index in [0.29, 0.717) is 19.0 Å². The van der Waals surface area contributed by atoms with Crippen molar-refractivity contribution < 1.29 is 9.15 Å². The minimum absolute atomic E-state index is 0.372. The molecular weight excluding hydrogens is 192 g/mol. The zero-order chi connectivity index (χ0) is 10.5. The van der Waals surface area contributed by atoms with Crippen LogP contribution in [0.15, 0.2) is 41.1 Å². The van der Waals surface area contributed by atoms with E-state index in [9.17, 15) is 0 Å². The van der Waals surface area contributed by atoms with E-state index >= 15 is 0 Å². The molecule has 0 radical (unpaired) electrons. The van der Waals surface area contributed by atoms with Crippen LogP contribution in [0.2, 0.25) is 0 Å². The molecule has 2 aromatic heterocycles. The highest BCUT2D eigenvalue weighted by Gasteiger charge is 2.03. The normalized spacial score (nSPS) is 10.2. The number of rotatable bonds is 4. The van der Waals surface area contributed by atoms with E-state index < -0.39 is 0 Å².